The number of ether oxygens (including phenoxy) is 1. The lowest BCUT2D eigenvalue weighted by Crippen LogP contribution is -2.58. The molecule has 0 atom stereocenters. The van der Waals surface area contributed by atoms with Crippen LogP contribution in [0.3, 0.4) is 0 Å². The average molecular weight is 272 g/mol. The van der Waals surface area contributed by atoms with E-state index in [1.54, 1.807) is 0 Å². The van der Waals surface area contributed by atoms with Crippen LogP contribution in [-0.4, -0.2) is 44.5 Å². The largest absolute Gasteiger partial charge is 0.375 e. The van der Waals surface area contributed by atoms with E-state index in [1.165, 1.54) is 0 Å². The number of hydrazine groups is 1. The van der Waals surface area contributed by atoms with Crippen molar-refractivity contribution < 1.29 is 7.80 Å². The summed E-state index contributed by atoms with van der Waals surface area (Å²) in [6.07, 6.45) is 0. The maximum absolute atomic E-state index is 5.31. The Balaban J connectivity index is 2.32. The van der Waals surface area contributed by atoms with Crippen molar-refractivity contribution >= 4 is 23.0 Å². The number of halogens is 1. The lowest BCUT2D eigenvalue weighted by molar-refractivity contribution is -0.155. The van der Waals surface area contributed by atoms with Gasteiger partial charge < -0.3 is 7.80 Å². The summed E-state index contributed by atoms with van der Waals surface area (Å²) in [6, 6.07) is 0. The predicted molar refractivity (Wildman–Crippen MR) is 50.3 cm³/mol. The van der Waals surface area contributed by atoms with Crippen LogP contribution in [0.15, 0.2) is 0 Å². The van der Waals surface area contributed by atoms with E-state index in [2.05, 4.69) is 5.43 Å². The van der Waals surface area contributed by atoms with Gasteiger partial charge >= 0.3 is 0 Å². The van der Waals surface area contributed by atoms with E-state index in [0.29, 0.717) is 13.2 Å². The number of hydrogen-bond acceptors (Lipinski definition) is 4. The van der Waals surface area contributed by atoms with Crippen molar-refractivity contribution in [3.8, 4) is 0 Å². The van der Waals surface area contributed by atoms with Gasteiger partial charge in [0, 0.05) is 13.6 Å². The molecule has 0 unspecified atom stereocenters. The number of rotatable bonds is 4. The second kappa shape index (κ2) is 3.99. The van der Waals surface area contributed by atoms with E-state index < -0.39 is 0 Å². The van der Waals surface area contributed by atoms with Gasteiger partial charge in [0.2, 0.25) is 0 Å². The molecule has 1 N–H and O–H groups in total. The molecule has 0 bridgehead atoms. The standard InChI is InChI=1S/C6H13IN2O2/c1-8-9(2)3-6(11-7)4-10-5-6/h8H,3-5H2,1-2H3. The molecule has 0 aromatic carbocycles. The minimum absolute atomic E-state index is 0.0850. The first kappa shape index (κ1) is 9.66. The second-order valence-electron chi connectivity index (χ2n) is 2.83. The molecule has 1 saturated heterocycles. The summed E-state index contributed by atoms with van der Waals surface area (Å²) in [5.41, 5.74) is 2.93. The van der Waals surface area contributed by atoms with E-state index >= 15 is 0 Å². The van der Waals surface area contributed by atoms with Gasteiger partial charge in [-0.15, -0.1) is 0 Å². The van der Waals surface area contributed by atoms with Crippen molar-refractivity contribution in [2.24, 2.45) is 0 Å². The molecule has 0 radical (unpaired) electrons. The predicted octanol–water partition coefficient (Wildman–Crippen LogP) is 0.188. The molecule has 1 aliphatic heterocycles. The average Bonchev–Trinajstić information content (AvgIpc) is 1.96. The first-order valence-corrected chi connectivity index (χ1v) is 4.36. The maximum atomic E-state index is 5.31. The highest BCUT2D eigenvalue weighted by Crippen LogP contribution is 2.24. The van der Waals surface area contributed by atoms with Gasteiger partial charge in [0.1, 0.15) is 28.6 Å². The van der Waals surface area contributed by atoms with E-state index in [9.17, 15) is 0 Å². The van der Waals surface area contributed by atoms with Crippen LogP contribution in [0.25, 0.3) is 0 Å². The van der Waals surface area contributed by atoms with Crippen molar-refractivity contribution in [1.82, 2.24) is 10.4 Å². The lowest BCUT2D eigenvalue weighted by Gasteiger charge is -2.40. The van der Waals surface area contributed by atoms with Crippen molar-refractivity contribution in [2.45, 2.75) is 5.60 Å². The molecule has 5 heteroatoms. The topological polar surface area (TPSA) is 33.7 Å². The van der Waals surface area contributed by atoms with Gasteiger partial charge in [-0.05, 0) is 7.05 Å². The zero-order valence-electron chi connectivity index (χ0n) is 6.76. The van der Waals surface area contributed by atoms with Gasteiger partial charge in [-0.25, -0.2) is 5.01 Å². The Hall–Kier alpha value is 0.570. The van der Waals surface area contributed by atoms with Crippen molar-refractivity contribution in [3.63, 3.8) is 0 Å². The molecular formula is C6H13IN2O2. The van der Waals surface area contributed by atoms with Crippen LogP contribution in [0.5, 0.6) is 0 Å². The molecular weight excluding hydrogens is 259 g/mol. The van der Waals surface area contributed by atoms with Crippen molar-refractivity contribution in [1.29, 1.82) is 0 Å². The SMILES string of the molecule is CNN(C)CC1(OI)COC1. The van der Waals surface area contributed by atoms with Crippen molar-refractivity contribution in [3.05, 3.63) is 0 Å². The fraction of sp³-hybridized carbons (Fsp3) is 1.00. The fourth-order valence-electron chi connectivity index (χ4n) is 1.00. The third-order valence-corrected chi connectivity index (χ3v) is 2.74. The quantitative estimate of drug-likeness (QED) is 0.585. The minimum Gasteiger partial charge on any atom is -0.375 e. The van der Waals surface area contributed by atoms with Crippen LogP contribution in [0, 0.1) is 0 Å². The first-order chi connectivity index (χ1) is 5.22. The minimum atomic E-state index is -0.0850. The van der Waals surface area contributed by atoms with Crippen LogP contribution in [0.4, 0.5) is 0 Å². The molecule has 1 heterocycles. The smallest absolute Gasteiger partial charge is 0.141 e. The summed E-state index contributed by atoms with van der Waals surface area (Å²) in [5, 5.41) is 1.99. The molecule has 0 saturated carbocycles. The summed E-state index contributed by atoms with van der Waals surface area (Å²) in [7, 11) is 3.87. The highest BCUT2D eigenvalue weighted by molar-refractivity contribution is 14.1. The van der Waals surface area contributed by atoms with Gasteiger partial charge in [0.25, 0.3) is 0 Å². The van der Waals surface area contributed by atoms with E-state index in [-0.39, 0.29) is 5.60 Å². The summed E-state index contributed by atoms with van der Waals surface area (Å²) in [6.45, 7) is 2.25. The Bertz CT molecular complexity index is 124. The van der Waals surface area contributed by atoms with Crippen LogP contribution in [0.2, 0.25) is 0 Å². The van der Waals surface area contributed by atoms with E-state index in [1.807, 2.05) is 42.1 Å². The van der Waals surface area contributed by atoms with Crippen LogP contribution in [-0.2, 0) is 7.80 Å². The number of nitrogens with zero attached hydrogens (tertiary/aromatic N) is 1. The third-order valence-electron chi connectivity index (χ3n) is 1.80. The molecule has 0 spiro atoms. The molecule has 4 nitrogen and oxygen atoms in total. The third kappa shape index (κ3) is 2.25. The monoisotopic (exact) mass is 272 g/mol. The van der Waals surface area contributed by atoms with E-state index in [0.717, 1.165) is 6.54 Å². The summed E-state index contributed by atoms with van der Waals surface area (Å²) in [5.74, 6) is 0. The van der Waals surface area contributed by atoms with Crippen LogP contribution in [0.1, 0.15) is 0 Å². The van der Waals surface area contributed by atoms with Gasteiger partial charge in [-0.3, -0.25) is 5.43 Å². The van der Waals surface area contributed by atoms with Gasteiger partial charge in [-0.1, -0.05) is 0 Å². The number of likely N-dealkylation sites (N-methyl/N-ethyl adjacent to an activating group) is 1. The number of nitrogens with one attached hydrogen (secondary N) is 1. The Morgan fingerprint density at radius 1 is 1.73 bits per heavy atom. The van der Waals surface area contributed by atoms with E-state index in [4.69, 9.17) is 7.80 Å². The summed E-state index contributed by atoms with van der Waals surface area (Å²) < 4.78 is 10.4. The Kier molecular flexibility index (Phi) is 3.51. The maximum Gasteiger partial charge on any atom is 0.141 e. The molecule has 11 heavy (non-hydrogen) atoms. The molecule has 0 amide bonds. The molecule has 1 aliphatic rings. The van der Waals surface area contributed by atoms with Gasteiger partial charge in [0.15, 0.2) is 0 Å². The first-order valence-electron chi connectivity index (χ1n) is 3.48. The zero-order valence-corrected chi connectivity index (χ0v) is 8.92. The van der Waals surface area contributed by atoms with Gasteiger partial charge in [-0.2, -0.15) is 0 Å². The molecule has 1 rings (SSSR count). The molecule has 0 aliphatic carbocycles. The number of hydrogen-bond donors (Lipinski definition) is 1. The normalized spacial score (nSPS) is 21.8. The molecule has 66 valence electrons. The zero-order chi connectivity index (χ0) is 8.32. The summed E-state index contributed by atoms with van der Waals surface area (Å²) >= 11 is 1.93. The summed E-state index contributed by atoms with van der Waals surface area (Å²) in [4.78, 5) is 0. The Morgan fingerprint density at radius 3 is 2.64 bits per heavy atom. The van der Waals surface area contributed by atoms with Crippen molar-refractivity contribution in [2.75, 3.05) is 33.9 Å². The molecule has 0 aromatic rings. The van der Waals surface area contributed by atoms with Crippen LogP contribution >= 0.6 is 23.0 Å². The fourth-order valence-corrected chi connectivity index (χ4v) is 1.39. The highest BCUT2D eigenvalue weighted by atomic mass is 127. The Morgan fingerprint density at radius 2 is 2.36 bits per heavy atom. The molecule has 0 aromatic heterocycles. The van der Waals surface area contributed by atoms with Crippen LogP contribution < -0.4 is 5.43 Å². The lowest BCUT2D eigenvalue weighted by atomic mass is 10.0. The Labute approximate surface area is 80.9 Å². The second-order valence-corrected chi connectivity index (χ2v) is 3.27. The van der Waals surface area contributed by atoms with Gasteiger partial charge in [0.05, 0.1) is 13.2 Å². The molecule has 1 fully saturated rings. The highest BCUT2D eigenvalue weighted by Gasteiger charge is 2.40.